The van der Waals surface area contributed by atoms with Crippen LogP contribution >= 0.6 is 0 Å². The molecule has 2 aliphatic heterocycles. The number of anilines is 4. The molecular weight excluding hydrogens is 411 g/mol. The van der Waals surface area contributed by atoms with Crippen LogP contribution in [0.3, 0.4) is 0 Å². The Kier molecular flexibility index (Phi) is 5.48. The molecule has 0 aliphatic carbocycles. The number of nitrogen functional groups attached to an aromatic ring is 1. The molecule has 2 aromatic rings. The van der Waals surface area contributed by atoms with Crippen LogP contribution in [0.25, 0.3) is 0 Å². The second kappa shape index (κ2) is 7.97. The first-order valence-electron chi connectivity index (χ1n) is 9.90. The van der Waals surface area contributed by atoms with Gasteiger partial charge in [-0.25, -0.2) is 0 Å². The molecule has 0 amide bonds. The number of hydrogen-bond acceptors (Lipinski definition) is 8. The highest BCUT2D eigenvalue weighted by molar-refractivity contribution is 5.93. The van der Waals surface area contributed by atoms with E-state index < -0.39 is 11.7 Å². The van der Waals surface area contributed by atoms with Gasteiger partial charge in [-0.15, -0.1) is 0 Å². The summed E-state index contributed by atoms with van der Waals surface area (Å²) in [6.07, 6.45) is -3.37. The molecule has 0 saturated carbocycles. The zero-order valence-corrected chi connectivity index (χ0v) is 17.0. The molecule has 1 aromatic carbocycles. The van der Waals surface area contributed by atoms with Gasteiger partial charge in [0.2, 0.25) is 5.95 Å². The molecule has 0 unspecified atom stereocenters. The average molecular weight is 435 g/mol. The standard InChI is InChI=1S/C20H24F3N7O/c1-19(30-5-7-31-8-6-30)11-29(12-19)17-15(10-24)16(27-18(25)28-17)26-14-4-2-3-13(9-14)20(21,22)23/h2-4,9-10,24H,5-8,11-12H2,1H3,(H3,25,26,27,28). The number of benzene rings is 1. The fourth-order valence-corrected chi connectivity index (χ4v) is 4.08. The average Bonchev–Trinajstić information content (AvgIpc) is 2.71. The van der Waals surface area contributed by atoms with E-state index in [1.165, 1.54) is 12.1 Å². The quantitative estimate of drug-likeness (QED) is 0.621. The number of alkyl halides is 3. The van der Waals surface area contributed by atoms with E-state index in [0.717, 1.165) is 31.4 Å². The molecule has 3 heterocycles. The number of nitrogens with zero attached hydrogens (tertiary/aromatic N) is 4. The second-order valence-electron chi connectivity index (χ2n) is 7.97. The third-order valence-electron chi connectivity index (χ3n) is 5.68. The molecule has 8 nitrogen and oxygen atoms in total. The molecule has 1 aromatic heterocycles. The van der Waals surface area contributed by atoms with Gasteiger partial charge >= 0.3 is 6.18 Å². The monoisotopic (exact) mass is 435 g/mol. The number of nitrogens with one attached hydrogen (secondary N) is 2. The SMILES string of the molecule is CC1(N2CCOCC2)CN(c2nc(N)nc(Nc3cccc(C(F)(F)F)c3)c2C=N)C1. The predicted molar refractivity (Wildman–Crippen MR) is 112 cm³/mol. The summed E-state index contributed by atoms with van der Waals surface area (Å²) in [5.41, 5.74) is 5.64. The number of hydrogen-bond donors (Lipinski definition) is 3. The normalized spacial score (nSPS) is 19.0. The first-order chi connectivity index (χ1) is 14.7. The third-order valence-corrected chi connectivity index (χ3v) is 5.68. The van der Waals surface area contributed by atoms with Crippen LogP contribution in [0.2, 0.25) is 0 Å². The molecule has 166 valence electrons. The minimum absolute atomic E-state index is 0.0185. The molecule has 0 bridgehead atoms. The summed E-state index contributed by atoms with van der Waals surface area (Å²) in [5.74, 6) is 0.662. The van der Waals surface area contributed by atoms with Crippen LogP contribution < -0.4 is 16.0 Å². The number of nitrogens with two attached hydrogens (primary N) is 1. The van der Waals surface area contributed by atoms with Gasteiger partial charge in [-0.1, -0.05) is 6.07 Å². The number of aromatic nitrogens is 2. The lowest BCUT2D eigenvalue weighted by Gasteiger charge is -2.55. The largest absolute Gasteiger partial charge is 0.416 e. The van der Waals surface area contributed by atoms with Crippen LogP contribution in [-0.2, 0) is 10.9 Å². The molecule has 0 spiro atoms. The van der Waals surface area contributed by atoms with Gasteiger partial charge in [-0.05, 0) is 25.1 Å². The van der Waals surface area contributed by atoms with Crippen LogP contribution in [-0.4, -0.2) is 66.0 Å². The lowest BCUT2D eigenvalue weighted by molar-refractivity contribution is -0.137. The van der Waals surface area contributed by atoms with E-state index >= 15 is 0 Å². The molecule has 4 rings (SSSR count). The van der Waals surface area contributed by atoms with E-state index in [9.17, 15) is 13.2 Å². The van der Waals surface area contributed by atoms with Crippen LogP contribution in [0.4, 0.5) is 36.4 Å². The zero-order chi connectivity index (χ0) is 22.2. The molecular formula is C20H24F3N7O. The van der Waals surface area contributed by atoms with Gasteiger partial charge in [0.25, 0.3) is 0 Å². The fraction of sp³-hybridized carbons (Fsp3) is 0.450. The van der Waals surface area contributed by atoms with Gasteiger partial charge in [0.1, 0.15) is 11.6 Å². The maximum absolute atomic E-state index is 13.0. The minimum Gasteiger partial charge on any atom is -0.379 e. The Morgan fingerprint density at radius 3 is 2.58 bits per heavy atom. The van der Waals surface area contributed by atoms with Crippen molar-refractivity contribution in [2.24, 2.45) is 0 Å². The topological polar surface area (TPSA) is 103 Å². The second-order valence-corrected chi connectivity index (χ2v) is 7.97. The van der Waals surface area contributed by atoms with E-state index in [-0.39, 0.29) is 23.0 Å². The van der Waals surface area contributed by atoms with Gasteiger partial charge in [-0.2, -0.15) is 23.1 Å². The Morgan fingerprint density at radius 1 is 1.23 bits per heavy atom. The Bertz CT molecular complexity index is 970. The van der Waals surface area contributed by atoms with Gasteiger partial charge < -0.3 is 26.1 Å². The molecule has 0 atom stereocenters. The summed E-state index contributed by atoms with van der Waals surface area (Å²) in [4.78, 5) is 12.8. The molecule has 31 heavy (non-hydrogen) atoms. The highest BCUT2D eigenvalue weighted by atomic mass is 19.4. The first kappa shape index (κ1) is 21.3. The maximum Gasteiger partial charge on any atom is 0.416 e. The van der Waals surface area contributed by atoms with Crippen molar-refractivity contribution in [2.75, 3.05) is 55.3 Å². The van der Waals surface area contributed by atoms with Crippen molar-refractivity contribution in [3.8, 4) is 0 Å². The summed E-state index contributed by atoms with van der Waals surface area (Å²) in [5, 5.41) is 10.7. The van der Waals surface area contributed by atoms with Gasteiger partial charge in [-0.3, -0.25) is 4.90 Å². The van der Waals surface area contributed by atoms with Crippen LogP contribution in [0.1, 0.15) is 18.1 Å². The highest BCUT2D eigenvalue weighted by Gasteiger charge is 2.45. The number of halogens is 3. The Labute approximate surface area is 177 Å². The van der Waals surface area contributed by atoms with E-state index in [1.54, 1.807) is 0 Å². The summed E-state index contributed by atoms with van der Waals surface area (Å²) in [6.45, 7) is 6.66. The van der Waals surface area contributed by atoms with Gasteiger partial charge in [0, 0.05) is 38.1 Å². The summed E-state index contributed by atoms with van der Waals surface area (Å²) >= 11 is 0. The van der Waals surface area contributed by atoms with E-state index in [4.69, 9.17) is 15.9 Å². The lowest BCUT2D eigenvalue weighted by atomic mass is 9.89. The van der Waals surface area contributed by atoms with E-state index in [2.05, 4.69) is 27.1 Å². The molecule has 2 fully saturated rings. The van der Waals surface area contributed by atoms with Crippen LogP contribution in [0.5, 0.6) is 0 Å². The Balaban J connectivity index is 1.58. The highest BCUT2D eigenvalue weighted by Crippen LogP contribution is 2.36. The Morgan fingerprint density at radius 2 is 1.94 bits per heavy atom. The molecule has 11 heteroatoms. The summed E-state index contributed by atoms with van der Waals surface area (Å²) in [7, 11) is 0. The van der Waals surface area contributed by atoms with Crippen molar-refractivity contribution in [2.45, 2.75) is 18.6 Å². The lowest BCUT2D eigenvalue weighted by Crippen LogP contribution is -2.70. The van der Waals surface area contributed by atoms with Crippen molar-refractivity contribution in [1.82, 2.24) is 14.9 Å². The number of morpholine rings is 1. The summed E-state index contributed by atoms with van der Waals surface area (Å²) < 4.78 is 44.5. The Hall–Kier alpha value is -2.92. The fourth-order valence-electron chi connectivity index (χ4n) is 4.08. The van der Waals surface area contributed by atoms with E-state index in [1.807, 2.05) is 4.90 Å². The van der Waals surface area contributed by atoms with Crippen molar-refractivity contribution in [3.05, 3.63) is 35.4 Å². The van der Waals surface area contributed by atoms with Gasteiger partial charge in [0.15, 0.2) is 0 Å². The minimum atomic E-state index is -4.46. The predicted octanol–water partition coefficient (Wildman–Crippen LogP) is 2.73. The molecule has 4 N–H and O–H groups in total. The number of rotatable bonds is 5. The number of ether oxygens (including phenoxy) is 1. The smallest absolute Gasteiger partial charge is 0.379 e. The van der Waals surface area contributed by atoms with Gasteiger partial charge in [0.05, 0.1) is 29.9 Å². The van der Waals surface area contributed by atoms with Crippen molar-refractivity contribution >= 4 is 29.5 Å². The van der Waals surface area contributed by atoms with Crippen LogP contribution in [0, 0.1) is 5.41 Å². The third kappa shape index (κ3) is 4.28. The van der Waals surface area contributed by atoms with Crippen molar-refractivity contribution in [1.29, 1.82) is 5.41 Å². The van der Waals surface area contributed by atoms with Crippen molar-refractivity contribution in [3.63, 3.8) is 0 Å². The van der Waals surface area contributed by atoms with Crippen molar-refractivity contribution < 1.29 is 17.9 Å². The molecule has 2 saturated heterocycles. The van der Waals surface area contributed by atoms with Crippen LogP contribution in [0.15, 0.2) is 24.3 Å². The molecule has 0 radical (unpaired) electrons. The first-order valence-corrected chi connectivity index (χ1v) is 9.90. The molecule has 2 aliphatic rings. The zero-order valence-electron chi connectivity index (χ0n) is 17.0. The maximum atomic E-state index is 13.0. The summed E-state index contributed by atoms with van der Waals surface area (Å²) in [6, 6.07) is 4.80. The van der Waals surface area contributed by atoms with E-state index in [0.29, 0.717) is 37.7 Å².